The molecule has 0 saturated carbocycles. The summed E-state index contributed by atoms with van der Waals surface area (Å²) < 4.78 is 10.6. The molecule has 3 rings (SSSR count). The molecule has 1 aromatic heterocycles. The SMILES string of the molecule is COc1ccc(CCNc2cc(NCc3ccccc3C)ncn2)cc1OC. The molecule has 2 aromatic carbocycles. The van der Waals surface area contributed by atoms with Gasteiger partial charge in [-0.05, 0) is 42.2 Å². The van der Waals surface area contributed by atoms with Crippen molar-refractivity contribution in [2.45, 2.75) is 19.9 Å². The van der Waals surface area contributed by atoms with Crippen molar-refractivity contribution in [2.75, 3.05) is 31.4 Å². The standard InChI is InChI=1S/C22H26N4O2/c1-16-6-4-5-7-18(16)14-24-22-13-21(25-15-26-22)23-11-10-17-8-9-19(27-2)20(12-17)28-3/h4-9,12-13,15H,10-11,14H2,1-3H3,(H2,23,24,25,26). The molecule has 0 spiro atoms. The highest BCUT2D eigenvalue weighted by molar-refractivity contribution is 5.47. The van der Waals surface area contributed by atoms with Gasteiger partial charge in [-0.25, -0.2) is 9.97 Å². The van der Waals surface area contributed by atoms with E-state index in [1.807, 2.05) is 36.4 Å². The topological polar surface area (TPSA) is 68.3 Å². The summed E-state index contributed by atoms with van der Waals surface area (Å²) in [6.45, 7) is 3.59. The second-order valence-electron chi connectivity index (χ2n) is 6.43. The lowest BCUT2D eigenvalue weighted by atomic mass is 10.1. The van der Waals surface area contributed by atoms with Gasteiger partial charge in [-0.2, -0.15) is 0 Å². The Bertz CT molecular complexity index is 915. The molecule has 2 N–H and O–H groups in total. The van der Waals surface area contributed by atoms with Crippen molar-refractivity contribution >= 4 is 11.6 Å². The van der Waals surface area contributed by atoms with Gasteiger partial charge in [-0.1, -0.05) is 30.3 Å². The molecule has 1 heterocycles. The van der Waals surface area contributed by atoms with E-state index in [0.717, 1.165) is 48.2 Å². The largest absolute Gasteiger partial charge is 0.493 e. The smallest absolute Gasteiger partial charge is 0.160 e. The molecule has 0 unspecified atom stereocenters. The highest BCUT2D eigenvalue weighted by Crippen LogP contribution is 2.27. The van der Waals surface area contributed by atoms with E-state index in [1.54, 1.807) is 20.5 Å². The Labute approximate surface area is 166 Å². The molecule has 0 bridgehead atoms. The van der Waals surface area contributed by atoms with Crippen LogP contribution in [0.4, 0.5) is 11.6 Å². The second-order valence-corrected chi connectivity index (χ2v) is 6.43. The van der Waals surface area contributed by atoms with E-state index >= 15 is 0 Å². The fourth-order valence-electron chi connectivity index (χ4n) is 2.92. The maximum atomic E-state index is 5.35. The van der Waals surface area contributed by atoms with E-state index < -0.39 is 0 Å². The van der Waals surface area contributed by atoms with Crippen LogP contribution in [0.1, 0.15) is 16.7 Å². The molecule has 3 aromatic rings. The van der Waals surface area contributed by atoms with E-state index in [9.17, 15) is 0 Å². The van der Waals surface area contributed by atoms with Gasteiger partial charge in [0.2, 0.25) is 0 Å². The molecule has 0 radical (unpaired) electrons. The second kappa shape index (κ2) is 9.60. The van der Waals surface area contributed by atoms with Gasteiger partial charge in [0, 0.05) is 19.2 Å². The number of aryl methyl sites for hydroxylation is 1. The molecule has 28 heavy (non-hydrogen) atoms. The van der Waals surface area contributed by atoms with E-state index in [0.29, 0.717) is 0 Å². The van der Waals surface area contributed by atoms with E-state index in [-0.39, 0.29) is 0 Å². The zero-order chi connectivity index (χ0) is 19.8. The summed E-state index contributed by atoms with van der Waals surface area (Å²) >= 11 is 0. The molecule has 0 amide bonds. The fraction of sp³-hybridized carbons (Fsp3) is 0.273. The van der Waals surface area contributed by atoms with Crippen LogP contribution in [0, 0.1) is 6.92 Å². The molecule has 0 aliphatic heterocycles. The highest BCUT2D eigenvalue weighted by atomic mass is 16.5. The monoisotopic (exact) mass is 378 g/mol. The first-order valence-corrected chi connectivity index (χ1v) is 9.25. The molecule has 6 heteroatoms. The van der Waals surface area contributed by atoms with Gasteiger partial charge >= 0.3 is 0 Å². The summed E-state index contributed by atoms with van der Waals surface area (Å²) in [7, 11) is 3.28. The fourth-order valence-corrected chi connectivity index (χ4v) is 2.92. The van der Waals surface area contributed by atoms with Crippen LogP contribution in [0.2, 0.25) is 0 Å². The number of aromatic nitrogens is 2. The number of rotatable bonds is 9. The van der Waals surface area contributed by atoms with Crippen molar-refractivity contribution in [1.29, 1.82) is 0 Å². The average molecular weight is 378 g/mol. The molecular formula is C22H26N4O2. The van der Waals surface area contributed by atoms with Gasteiger partial charge in [0.05, 0.1) is 14.2 Å². The Balaban J connectivity index is 1.54. The van der Waals surface area contributed by atoms with Crippen LogP contribution >= 0.6 is 0 Å². The van der Waals surface area contributed by atoms with Crippen molar-refractivity contribution in [3.63, 3.8) is 0 Å². The van der Waals surface area contributed by atoms with Crippen LogP contribution in [-0.4, -0.2) is 30.7 Å². The lowest BCUT2D eigenvalue weighted by Gasteiger charge is -2.11. The minimum absolute atomic E-state index is 0.731. The zero-order valence-corrected chi connectivity index (χ0v) is 16.5. The predicted octanol–water partition coefficient (Wildman–Crippen LogP) is 4.07. The summed E-state index contributed by atoms with van der Waals surface area (Å²) in [4.78, 5) is 8.60. The third-order valence-corrected chi connectivity index (χ3v) is 4.56. The highest BCUT2D eigenvalue weighted by Gasteiger charge is 2.05. The van der Waals surface area contributed by atoms with Crippen molar-refractivity contribution in [1.82, 2.24) is 9.97 Å². The van der Waals surface area contributed by atoms with Crippen molar-refractivity contribution < 1.29 is 9.47 Å². The first-order valence-electron chi connectivity index (χ1n) is 9.25. The number of anilines is 2. The molecule has 6 nitrogen and oxygen atoms in total. The maximum absolute atomic E-state index is 5.35. The number of hydrogen-bond donors (Lipinski definition) is 2. The van der Waals surface area contributed by atoms with Crippen LogP contribution in [-0.2, 0) is 13.0 Å². The minimum atomic E-state index is 0.731. The third kappa shape index (κ3) is 5.13. The zero-order valence-electron chi connectivity index (χ0n) is 16.5. The molecule has 0 aliphatic rings. The predicted molar refractivity (Wildman–Crippen MR) is 112 cm³/mol. The number of methoxy groups -OCH3 is 2. The van der Waals surface area contributed by atoms with Gasteiger partial charge in [0.1, 0.15) is 18.0 Å². The first-order chi connectivity index (χ1) is 13.7. The molecular weight excluding hydrogens is 352 g/mol. The maximum Gasteiger partial charge on any atom is 0.160 e. The van der Waals surface area contributed by atoms with E-state index in [2.05, 4.69) is 39.7 Å². The van der Waals surface area contributed by atoms with Crippen LogP contribution < -0.4 is 20.1 Å². The third-order valence-electron chi connectivity index (χ3n) is 4.56. The van der Waals surface area contributed by atoms with E-state index in [4.69, 9.17) is 9.47 Å². The van der Waals surface area contributed by atoms with Gasteiger partial charge in [0.25, 0.3) is 0 Å². The Hall–Kier alpha value is -3.28. The Morgan fingerprint density at radius 2 is 1.61 bits per heavy atom. The van der Waals surface area contributed by atoms with Crippen molar-refractivity contribution in [3.8, 4) is 11.5 Å². The summed E-state index contributed by atoms with van der Waals surface area (Å²) in [5, 5.41) is 6.70. The first kappa shape index (κ1) is 19.5. The molecule has 0 aliphatic carbocycles. The van der Waals surface area contributed by atoms with Gasteiger partial charge < -0.3 is 20.1 Å². The van der Waals surface area contributed by atoms with Gasteiger partial charge in [-0.3, -0.25) is 0 Å². The number of nitrogens with zero attached hydrogens (tertiary/aromatic N) is 2. The van der Waals surface area contributed by atoms with Crippen molar-refractivity contribution in [3.05, 3.63) is 71.5 Å². The van der Waals surface area contributed by atoms with Gasteiger partial charge in [0.15, 0.2) is 11.5 Å². The number of ether oxygens (including phenoxy) is 2. The van der Waals surface area contributed by atoms with Crippen molar-refractivity contribution in [2.24, 2.45) is 0 Å². The number of benzene rings is 2. The lowest BCUT2D eigenvalue weighted by molar-refractivity contribution is 0.354. The van der Waals surface area contributed by atoms with Crippen LogP contribution in [0.15, 0.2) is 54.9 Å². The van der Waals surface area contributed by atoms with Crippen LogP contribution in [0.3, 0.4) is 0 Å². The van der Waals surface area contributed by atoms with E-state index in [1.165, 1.54) is 11.1 Å². The normalized spacial score (nSPS) is 10.4. The average Bonchev–Trinajstić information content (AvgIpc) is 2.73. The summed E-state index contributed by atoms with van der Waals surface area (Å²) in [5.74, 6) is 3.07. The molecule has 0 atom stereocenters. The molecule has 146 valence electrons. The summed E-state index contributed by atoms with van der Waals surface area (Å²) in [6.07, 6.45) is 2.41. The Kier molecular flexibility index (Phi) is 6.68. The number of hydrogen-bond acceptors (Lipinski definition) is 6. The summed E-state index contributed by atoms with van der Waals surface area (Å²) in [5.41, 5.74) is 3.68. The minimum Gasteiger partial charge on any atom is -0.493 e. The van der Waals surface area contributed by atoms with Gasteiger partial charge in [-0.15, -0.1) is 0 Å². The van der Waals surface area contributed by atoms with Crippen LogP contribution in [0.5, 0.6) is 11.5 Å². The summed E-state index contributed by atoms with van der Waals surface area (Å²) in [6, 6.07) is 16.2. The van der Waals surface area contributed by atoms with Crippen LogP contribution in [0.25, 0.3) is 0 Å². The molecule has 0 saturated heterocycles. The quantitative estimate of drug-likeness (QED) is 0.585. The Morgan fingerprint density at radius 3 is 2.36 bits per heavy atom. The number of nitrogens with one attached hydrogen (secondary N) is 2. The lowest BCUT2D eigenvalue weighted by Crippen LogP contribution is -2.08. The Morgan fingerprint density at radius 1 is 0.857 bits per heavy atom. The molecule has 0 fully saturated rings.